The number of carbonyl (C=O) groups excluding carboxylic acids is 6. The molecule has 0 radical (unpaired) electrons. The van der Waals surface area contributed by atoms with Gasteiger partial charge in [0, 0.05) is 17.8 Å². The quantitative estimate of drug-likeness (QED) is 0.168. The van der Waals surface area contributed by atoms with Gasteiger partial charge in [0.2, 0.25) is 11.9 Å². The number of ether oxygens (including phenoxy) is 6. The molecule has 5 atom stereocenters. The van der Waals surface area contributed by atoms with Crippen molar-refractivity contribution in [2.75, 3.05) is 13.7 Å². The van der Waals surface area contributed by atoms with Crippen molar-refractivity contribution in [1.82, 2.24) is 10.3 Å². The first-order valence-electron chi connectivity index (χ1n) is 15.3. The molecule has 1 aliphatic heterocycles. The van der Waals surface area contributed by atoms with E-state index < -0.39 is 84.0 Å². The number of esters is 4. The Morgan fingerprint density at radius 1 is 0.980 bits per heavy atom. The van der Waals surface area contributed by atoms with Crippen LogP contribution in [0.4, 0.5) is 0 Å². The lowest BCUT2D eigenvalue weighted by Gasteiger charge is -2.29. The van der Waals surface area contributed by atoms with Crippen LogP contribution in [0.15, 0.2) is 72.9 Å². The third-order valence-electron chi connectivity index (χ3n) is 7.48. The van der Waals surface area contributed by atoms with E-state index in [2.05, 4.69) is 10.3 Å². The second kappa shape index (κ2) is 16.9. The number of aromatic nitrogens is 1. The van der Waals surface area contributed by atoms with Crippen LogP contribution in [-0.4, -0.2) is 73.2 Å². The van der Waals surface area contributed by atoms with Crippen LogP contribution in [0.25, 0.3) is 0 Å². The number of rotatable bonds is 12. The molecule has 14 nitrogen and oxygen atoms in total. The molecule has 3 aromatic rings. The van der Waals surface area contributed by atoms with Gasteiger partial charge < -0.3 is 33.7 Å². The van der Waals surface area contributed by atoms with Crippen LogP contribution in [0, 0.1) is 11.8 Å². The van der Waals surface area contributed by atoms with Crippen LogP contribution in [0.1, 0.15) is 48.5 Å². The van der Waals surface area contributed by atoms with Gasteiger partial charge in [0.05, 0.1) is 13.0 Å². The predicted octanol–water partition coefficient (Wildman–Crippen LogP) is 2.92. The molecule has 258 valence electrons. The van der Waals surface area contributed by atoms with E-state index in [1.807, 2.05) is 6.07 Å². The lowest BCUT2D eigenvalue weighted by Crippen LogP contribution is -2.47. The minimum absolute atomic E-state index is 0.0802. The largest absolute Gasteiger partial charge is 0.493 e. The maximum absolute atomic E-state index is 13.6. The number of benzene rings is 2. The molecule has 49 heavy (non-hydrogen) atoms. The lowest BCUT2D eigenvalue weighted by molar-refractivity contribution is -0.176. The number of hydrogen-bond donors (Lipinski definition) is 1. The number of carbonyl (C=O) groups is 6. The van der Waals surface area contributed by atoms with E-state index in [1.54, 1.807) is 56.3 Å². The van der Waals surface area contributed by atoms with E-state index in [-0.39, 0.29) is 18.6 Å². The number of methoxy groups -OCH3 is 1. The summed E-state index contributed by atoms with van der Waals surface area (Å²) in [5.74, 6) is -6.60. The Hall–Kier alpha value is -5.79. The smallest absolute Gasteiger partial charge is 0.357 e. The van der Waals surface area contributed by atoms with Crippen LogP contribution < -0.4 is 14.8 Å². The summed E-state index contributed by atoms with van der Waals surface area (Å²) < 4.78 is 32.6. The maximum Gasteiger partial charge on any atom is 0.357 e. The topological polar surface area (TPSA) is 183 Å². The molecular formula is C35H36N2O12. The molecule has 4 rings (SSSR count). The first-order valence-corrected chi connectivity index (χ1v) is 15.3. The zero-order valence-corrected chi connectivity index (χ0v) is 27.2. The molecule has 0 saturated carbocycles. The molecule has 1 aliphatic rings. The third kappa shape index (κ3) is 9.18. The standard InChI is InChI=1S/C35H36N2O12/c1-20(2)32(40)48-28-21(3)47-34(42)25(18-45-33(41)24(28)17-22-11-7-5-8-12-22)37-31(39)27-30(26(44-4)15-16-36-27)49-35(43)29(46-19-38)23-13-9-6-10-14-23/h5-16,19-21,24-25,28-29H,17-18H2,1-4H3,(H,37,39)/t21-,24+,25-,28-,29?/m0/s1. The van der Waals surface area contributed by atoms with Crippen molar-refractivity contribution >= 4 is 36.3 Å². The summed E-state index contributed by atoms with van der Waals surface area (Å²) in [6.45, 7) is 4.15. The van der Waals surface area contributed by atoms with Gasteiger partial charge in [-0.15, -0.1) is 0 Å². The Balaban J connectivity index is 1.60. The summed E-state index contributed by atoms with van der Waals surface area (Å²) in [5.41, 5.74) is 0.556. The first kappa shape index (κ1) is 36.1. The van der Waals surface area contributed by atoms with Crippen molar-refractivity contribution in [3.63, 3.8) is 0 Å². The molecule has 0 spiro atoms. The number of nitrogens with zero attached hydrogens (tertiary/aromatic N) is 1. The number of nitrogens with one attached hydrogen (secondary N) is 1. The number of hydrogen-bond acceptors (Lipinski definition) is 13. The normalized spacial score (nSPS) is 19.9. The molecular weight excluding hydrogens is 640 g/mol. The van der Waals surface area contributed by atoms with Crippen molar-refractivity contribution in [3.8, 4) is 11.5 Å². The summed E-state index contributed by atoms with van der Waals surface area (Å²) >= 11 is 0. The molecule has 1 aromatic heterocycles. The Labute approximate surface area is 282 Å². The molecule has 14 heteroatoms. The first-order chi connectivity index (χ1) is 23.5. The highest BCUT2D eigenvalue weighted by atomic mass is 16.6. The summed E-state index contributed by atoms with van der Waals surface area (Å²) in [5, 5.41) is 2.42. The molecule has 2 aromatic carbocycles. The Morgan fingerprint density at radius 3 is 2.29 bits per heavy atom. The van der Waals surface area contributed by atoms with Gasteiger partial charge in [-0.3, -0.25) is 19.2 Å². The van der Waals surface area contributed by atoms with Crippen molar-refractivity contribution < 1.29 is 57.2 Å². The highest BCUT2D eigenvalue weighted by Gasteiger charge is 2.42. The van der Waals surface area contributed by atoms with E-state index in [1.165, 1.54) is 38.4 Å². The number of cyclic esters (lactones) is 2. The Morgan fingerprint density at radius 2 is 1.65 bits per heavy atom. The minimum Gasteiger partial charge on any atom is -0.493 e. The van der Waals surface area contributed by atoms with Gasteiger partial charge in [0.25, 0.3) is 12.4 Å². The van der Waals surface area contributed by atoms with Crippen molar-refractivity contribution in [3.05, 3.63) is 89.7 Å². The summed E-state index contributed by atoms with van der Waals surface area (Å²) in [6, 6.07) is 16.7. The van der Waals surface area contributed by atoms with Crippen LogP contribution in [0.5, 0.6) is 11.5 Å². The van der Waals surface area contributed by atoms with Gasteiger partial charge in [0.1, 0.15) is 18.6 Å². The van der Waals surface area contributed by atoms with Crippen molar-refractivity contribution in [1.29, 1.82) is 0 Å². The zero-order chi connectivity index (χ0) is 35.5. The molecule has 1 amide bonds. The third-order valence-corrected chi connectivity index (χ3v) is 7.48. The second-order valence-corrected chi connectivity index (χ2v) is 11.3. The summed E-state index contributed by atoms with van der Waals surface area (Å²) in [4.78, 5) is 81.6. The minimum atomic E-state index is -1.55. The van der Waals surface area contributed by atoms with Gasteiger partial charge in [-0.25, -0.2) is 14.6 Å². The summed E-state index contributed by atoms with van der Waals surface area (Å²) in [7, 11) is 1.26. The predicted molar refractivity (Wildman–Crippen MR) is 169 cm³/mol. The van der Waals surface area contributed by atoms with E-state index >= 15 is 0 Å². The summed E-state index contributed by atoms with van der Waals surface area (Å²) in [6.07, 6.45) is -2.53. The molecule has 1 saturated heterocycles. The average Bonchev–Trinajstić information content (AvgIpc) is 3.13. The van der Waals surface area contributed by atoms with E-state index in [4.69, 9.17) is 28.4 Å². The van der Waals surface area contributed by atoms with Crippen LogP contribution in [0.3, 0.4) is 0 Å². The Kier molecular flexibility index (Phi) is 12.4. The molecule has 0 aliphatic carbocycles. The SMILES string of the molecule is COc1ccnc(C(=O)N[C@H]2COC(=O)[C@H](Cc3ccccc3)[C@@H](OC(=O)C(C)C)[C@H](C)OC2=O)c1OC(=O)C(OC=O)c1ccccc1. The fourth-order valence-electron chi connectivity index (χ4n) is 4.94. The molecule has 1 unspecified atom stereocenters. The molecule has 1 fully saturated rings. The highest BCUT2D eigenvalue weighted by molar-refractivity contribution is 5.99. The Bertz CT molecular complexity index is 1650. The van der Waals surface area contributed by atoms with Gasteiger partial charge in [-0.2, -0.15) is 0 Å². The fraction of sp³-hybridized carbons (Fsp3) is 0.343. The van der Waals surface area contributed by atoms with Gasteiger partial charge in [0.15, 0.2) is 23.6 Å². The van der Waals surface area contributed by atoms with Crippen molar-refractivity contribution in [2.24, 2.45) is 11.8 Å². The fourth-order valence-corrected chi connectivity index (χ4v) is 4.94. The van der Waals surface area contributed by atoms with E-state index in [0.717, 1.165) is 5.56 Å². The van der Waals surface area contributed by atoms with Gasteiger partial charge in [-0.05, 0) is 18.9 Å². The van der Waals surface area contributed by atoms with E-state index in [0.29, 0.717) is 5.56 Å². The molecule has 2 heterocycles. The van der Waals surface area contributed by atoms with Crippen LogP contribution >= 0.6 is 0 Å². The highest BCUT2D eigenvalue weighted by Crippen LogP contribution is 2.32. The molecule has 0 bridgehead atoms. The lowest BCUT2D eigenvalue weighted by atomic mass is 9.91. The monoisotopic (exact) mass is 676 g/mol. The number of amides is 1. The average molecular weight is 677 g/mol. The van der Waals surface area contributed by atoms with E-state index in [9.17, 15) is 28.8 Å². The van der Waals surface area contributed by atoms with Gasteiger partial charge >= 0.3 is 23.9 Å². The molecule has 1 N–H and O–H groups in total. The number of pyridine rings is 1. The maximum atomic E-state index is 13.6. The zero-order valence-electron chi connectivity index (χ0n) is 27.2. The van der Waals surface area contributed by atoms with Crippen LogP contribution in [-0.2, 0) is 49.3 Å². The van der Waals surface area contributed by atoms with Gasteiger partial charge in [-0.1, -0.05) is 74.5 Å². The second-order valence-electron chi connectivity index (χ2n) is 11.3. The van der Waals surface area contributed by atoms with Crippen molar-refractivity contribution in [2.45, 2.75) is 51.5 Å². The van der Waals surface area contributed by atoms with Crippen LogP contribution in [0.2, 0.25) is 0 Å².